The smallest absolute Gasteiger partial charge is 0.246 e. The molecule has 0 aliphatic heterocycles. The number of hydrogen-bond acceptors (Lipinski definition) is 3. The maximum atomic E-state index is 12.1. The Morgan fingerprint density at radius 2 is 1.95 bits per heavy atom. The highest BCUT2D eigenvalue weighted by molar-refractivity contribution is 5.90. The number of nitrogens with one attached hydrogen (secondary N) is 1. The van der Waals surface area contributed by atoms with Crippen molar-refractivity contribution < 1.29 is 4.79 Å². The number of carbonyl (C=O) groups is 1. The minimum atomic E-state index is -0.0732. The fourth-order valence-corrected chi connectivity index (χ4v) is 2.17. The van der Waals surface area contributed by atoms with E-state index in [1.807, 2.05) is 24.3 Å². The number of nitrogens with zero attached hydrogens (tertiary/aromatic N) is 2. The van der Waals surface area contributed by atoms with E-state index >= 15 is 0 Å². The lowest BCUT2D eigenvalue weighted by molar-refractivity contribution is -0.116. The van der Waals surface area contributed by atoms with E-state index in [9.17, 15) is 4.79 Å². The van der Waals surface area contributed by atoms with E-state index in [4.69, 9.17) is 5.73 Å². The first-order chi connectivity index (χ1) is 10.2. The fraction of sp³-hybridized carbons (Fsp3) is 0.375. The van der Waals surface area contributed by atoms with Crippen molar-refractivity contribution in [3.8, 4) is 0 Å². The molecule has 0 aliphatic rings. The molecule has 0 radical (unpaired) electrons. The molecule has 2 aromatic rings. The fourth-order valence-electron chi connectivity index (χ4n) is 2.17. The molecule has 1 amide bonds. The molecule has 0 aliphatic carbocycles. The van der Waals surface area contributed by atoms with E-state index in [1.165, 1.54) is 0 Å². The summed E-state index contributed by atoms with van der Waals surface area (Å²) < 4.78 is 1.78. The number of rotatable bonds is 6. The monoisotopic (exact) mass is 286 g/mol. The van der Waals surface area contributed by atoms with Crippen LogP contribution < -0.4 is 11.1 Å². The van der Waals surface area contributed by atoms with E-state index in [0.717, 1.165) is 35.5 Å². The number of nitrogens with two attached hydrogens (primary N) is 1. The second kappa shape index (κ2) is 7.04. The molecular weight excluding hydrogens is 264 g/mol. The molecule has 0 fully saturated rings. The van der Waals surface area contributed by atoms with Crippen LogP contribution >= 0.6 is 0 Å². The van der Waals surface area contributed by atoms with Crippen molar-refractivity contribution in [3.63, 3.8) is 0 Å². The summed E-state index contributed by atoms with van der Waals surface area (Å²) in [6, 6.07) is 9.61. The van der Waals surface area contributed by atoms with Crippen molar-refractivity contribution in [3.05, 3.63) is 47.3 Å². The molecule has 0 bridgehead atoms. The van der Waals surface area contributed by atoms with Gasteiger partial charge in [-0.3, -0.25) is 9.48 Å². The first-order valence-electron chi connectivity index (χ1n) is 7.30. The number of hydrogen-bond donors (Lipinski definition) is 2. The van der Waals surface area contributed by atoms with Crippen molar-refractivity contribution >= 4 is 11.6 Å². The van der Waals surface area contributed by atoms with Crippen LogP contribution in [0.4, 0.5) is 5.69 Å². The highest BCUT2D eigenvalue weighted by Crippen LogP contribution is 2.10. The summed E-state index contributed by atoms with van der Waals surface area (Å²) in [6.07, 6.45) is 1.74. The van der Waals surface area contributed by atoms with Gasteiger partial charge in [0.1, 0.15) is 6.54 Å². The summed E-state index contributed by atoms with van der Waals surface area (Å²) in [5, 5.41) is 7.33. The van der Waals surface area contributed by atoms with E-state index in [2.05, 4.69) is 30.3 Å². The van der Waals surface area contributed by atoms with Crippen molar-refractivity contribution in [1.82, 2.24) is 9.78 Å². The quantitative estimate of drug-likeness (QED) is 0.854. The maximum Gasteiger partial charge on any atom is 0.246 e. The Hall–Kier alpha value is -2.14. The average molecular weight is 286 g/mol. The molecule has 5 heteroatoms. The molecule has 0 saturated heterocycles. The summed E-state index contributed by atoms with van der Waals surface area (Å²) in [4.78, 5) is 12.1. The summed E-state index contributed by atoms with van der Waals surface area (Å²) in [5.74, 6) is -0.0732. The van der Waals surface area contributed by atoms with E-state index < -0.39 is 0 Å². The number of benzene rings is 1. The molecule has 0 spiro atoms. The lowest BCUT2D eigenvalue weighted by Crippen LogP contribution is -2.20. The molecule has 0 unspecified atom stereocenters. The third-order valence-corrected chi connectivity index (χ3v) is 3.41. The Morgan fingerprint density at radius 1 is 1.24 bits per heavy atom. The average Bonchev–Trinajstić information content (AvgIpc) is 2.90. The summed E-state index contributed by atoms with van der Waals surface area (Å²) in [6.45, 7) is 4.87. The molecule has 112 valence electrons. The minimum Gasteiger partial charge on any atom is -0.326 e. The molecule has 0 saturated carbocycles. The maximum absolute atomic E-state index is 12.1. The molecule has 5 nitrogen and oxygen atoms in total. The standard InChI is InChI=1S/C16H22N4O/c1-3-13-9-15(4-2)20(19-13)11-16(21)18-14-7-5-12(10-17)6-8-14/h5-9H,3-4,10-11,17H2,1-2H3,(H,18,21). The molecular formula is C16H22N4O. The Bertz CT molecular complexity index is 601. The van der Waals surface area contributed by atoms with Gasteiger partial charge in [0.15, 0.2) is 0 Å². The molecule has 3 N–H and O–H groups in total. The van der Waals surface area contributed by atoms with Crippen molar-refractivity contribution in [2.75, 3.05) is 5.32 Å². The van der Waals surface area contributed by atoms with Gasteiger partial charge in [0.05, 0.1) is 5.69 Å². The van der Waals surface area contributed by atoms with E-state index in [0.29, 0.717) is 6.54 Å². The number of aromatic nitrogens is 2. The summed E-state index contributed by atoms with van der Waals surface area (Å²) in [5.41, 5.74) is 9.47. The van der Waals surface area contributed by atoms with Gasteiger partial charge in [-0.25, -0.2) is 0 Å². The van der Waals surface area contributed by atoms with Gasteiger partial charge in [-0.2, -0.15) is 5.10 Å². The normalized spacial score (nSPS) is 10.6. The van der Waals surface area contributed by atoms with Gasteiger partial charge in [0.25, 0.3) is 0 Å². The van der Waals surface area contributed by atoms with Gasteiger partial charge in [-0.1, -0.05) is 26.0 Å². The Kier molecular flexibility index (Phi) is 5.11. The van der Waals surface area contributed by atoms with Crippen LogP contribution in [-0.2, 0) is 30.7 Å². The number of aryl methyl sites for hydroxylation is 2. The molecule has 1 heterocycles. The van der Waals surface area contributed by atoms with Gasteiger partial charge >= 0.3 is 0 Å². The van der Waals surface area contributed by atoms with Gasteiger partial charge in [-0.05, 0) is 36.6 Å². The SMILES string of the molecule is CCc1cc(CC)n(CC(=O)Nc2ccc(CN)cc2)n1. The second-order valence-corrected chi connectivity index (χ2v) is 4.94. The topological polar surface area (TPSA) is 72.9 Å². The van der Waals surface area contributed by atoms with Crippen molar-refractivity contribution in [1.29, 1.82) is 0 Å². The zero-order valence-electron chi connectivity index (χ0n) is 12.6. The third kappa shape index (κ3) is 3.92. The van der Waals surface area contributed by atoms with Crippen LogP contribution in [0.3, 0.4) is 0 Å². The molecule has 21 heavy (non-hydrogen) atoms. The first-order valence-corrected chi connectivity index (χ1v) is 7.30. The van der Waals surface area contributed by atoms with Crippen LogP contribution in [0.15, 0.2) is 30.3 Å². The number of carbonyl (C=O) groups excluding carboxylic acids is 1. The van der Waals surface area contributed by atoms with Crippen LogP contribution in [0, 0.1) is 0 Å². The highest BCUT2D eigenvalue weighted by atomic mass is 16.2. The number of amides is 1. The highest BCUT2D eigenvalue weighted by Gasteiger charge is 2.09. The lowest BCUT2D eigenvalue weighted by atomic mass is 10.2. The van der Waals surface area contributed by atoms with Crippen molar-refractivity contribution in [2.24, 2.45) is 5.73 Å². The van der Waals surface area contributed by atoms with Crippen LogP contribution in [-0.4, -0.2) is 15.7 Å². The zero-order chi connectivity index (χ0) is 15.2. The second-order valence-electron chi connectivity index (χ2n) is 4.94. The Balaban J connectivity index is 2.02. The van der Waals surface area contributed by atoms with Crippen LogP contribution in [0.25, 0.3) is 0 Å². The molecule has 1 aromatic carbocycles. The van der Waals surface area contributed by atoms with Crippen molar-refractivity contribution in [2.45, 2.75) is 39.8 Å². The predicted molar refractivity (Wildman–Crippen MR) is 83.9 cm³/mol. The summed E-state index contributed by atoms with van der Waals surface area (Å²) >= 11 is 0. The van der Waals surface area contributed by atoms with Gasteiger partial charge in [-0.15, -0.1) is 0 Å². The third-order valence-electron chi connectivity index (χ3n) is 3.41. The van der Waals surface area contributed by atoms with Crippen LogP contribution in [0.2, 0.25) is 0 Å². The Labute approximate surface area is 125 Å². The molecule has 0 atom stereocenters. The zero-order valence-corrected chi connectivity index (χ0v) is 12.6. The predicted octanol–water partition coefficient (Wildman–Crippen LogP) is 2.11. The minimum absolute atomic E-state index is 0.0732. The largest absolute Gasteiger partial charge is 0.326 e. The summed E-state index contributed by atoms with van der Waals surface area (Å²) in [7, 11) is 0. The van der Waals surface area contributed by atoms with Gasteiger partial charge < -0.3 is 11.1 Å². The van der Waals surface area contributed by atoms with Crippen LogP contribution in [0.1, 0.15) is 30.8 Å². The lowest BCUT2D eigenvalue weighted by Gasteiger charge is -2.08. The number of anilines is 1. The van der Waals surface area contributed by atoms with E-state index in [1.54, 1.807) is 4.68 Å². The molecule has 2 rings (SSSR count). The van der Waals surface area contributed by atoms with E-state index in [-0.39, 0.29) is 12.5 Å². The Morgan fingerprint density at radius 3 is 2.52 bits per heavy atom. The molecule has 1 aromatic heterocycles. The van der Waals surface area contributed by atoms with Gasteiger partial charge in [0, 0.05) is 17.9 Å². The van der Waals surface area contributed by atoms with Crippen LogP contribution in [0.5, 0.6) is 0 Å². The first kappa shape index (κ1) is 15.3. The van der Waals surface area contributed by atoms with Gasteiger partial charge in [0.2, 0.25) is 5.91 Å².